The molecular weight excluding hydrogens is 941 g/mol. The molecule has 5 aromatic carbocycles. The standard InChI is InChI=1S/C53H53N2Se.Au/c1-50(2,3)38-17-13-32(14-18-38)35-25-36(33-15-19-39(20-16-33)51(4,5)6)27-37(26-35)46-28-34-23-24-56-49(34)48(55-46)44-31-41(53(10,11)12)30-43-42-29-40(52(7,8)9)21-22-45(42)54-47(43)44;/h13-15,17-26,28-31H,1-12H3;/q-3;+3. The van der Waals surface area contributed by atoms with Gasteiger partial charge in [-0.1, -0.05) is 41.5 Å². The maximum atomic E-state index is 5.64. The molecule has 0 amide bonds. The molecule has 0 saturated carbocycles. The van der Waals surface area contributed by atoms with E-state index in [9.17, 15) is 0 Å². The normalized spacial score (nSPS) is 12.8. The first-order valence-electron chi connectivity index (χ1n) is 19.9. The molecule has 4 heteroatoms. The summed E-state index contributed by atoms with van der Waals surface area (Å²) in [5.41, 5.74) is 15.8. The van der Waals surface area contributed by atoms with E-state index < -0.39 is 0 Å². The number of nitrogens with zero attached hydrogens (tertiary/aromatic N) is 2. The van der Waals surface area contributed by atoms with E-state index in [1.165, 1.54) is 48.2 Å². The number of benzene rings is 5. The quantitative estimate of drug-likeness (QED) is 0.130. The minimum atomic E-state index is -0.0586. The molecule has 0 saturated heterocycles. The number of hydrogen-bond acceptors (Lipinski definition) is 1. The molecule has 0 fully saturated rings. The zero-order valence-corrected chi connectivity index (χ0v) is 39.3. The van der Waals surface area contributed by atoms with Gasteiger partial charge < -0.3 is 0 Å². The summed E-state index contributed by atoms with van der Waals surface area (Å²) in [7, 11) is 0. The van der Waals surface area contributed by atoms with Gasteiger partial charge in [0, 0.05) is 0 Å². The molecule has 0 bridgehead atoms. The molecule has 0 unspecified atom stereocenters. The van der Waals surface area contributed by atoms with Gasteiger partial charge in [-0.25, -0.2) is 0 Å². The zero-order valence-electron chi connectivity index (χ0n) is 35.4. The van der Waals surface area contributed by atoms with Crippen LogP contribution in [0.4, 0.5) is 0 Å². The summed E-state index contributed by atoms with van der Waals surface area (Å²) >= 11 is 0.168. The molecule has 3 heterocycles. The van der Waals surface area contributed by atoms with Gasteiger partial charge in [-0.3, -0.25) is 0 Å². The first kappa shape index (κ1) is 41.2. The Kier molecular flexibility index (Phi) is 10.6. The van der Waals surface area contributed by atoms with E-state index in [0.29, 0.717) is 0 Å². The second-order valence-electron chi connectivity index (χ2n) is 19.7. The molecule has 57 heavy (non-hydrogen) atoms. The number of hydrogen-bond donors (Lipinski definition) is 0. The molecule has 292 valence electrons. The summed E-state index contributed by atoms with van der Waals surface area (Å²) in [6.45, 7) is 27.3. The summed E-state index contributed by atoms with van der Waals surface area (Å²) in [6.07, 6.45) is 0. The van der Waals surface area contributed by atoms with Gasteiger partial charge in [0.2, 0.25) is 0 Å². The van der Waals surface area contributed by atoms with Crippen LogP contribution in [0.5, 0.6) is 0 Å². The van der Waals surface area contributed by atoms with Crippen molar-refractivity contribution in [3.8, 4) is 44.8 Å². The van der Waals surface area contributed by atoms with Gasteiger partial charge in [0.25, 0.3) is 0 Å². The van der Waals surface area contributed by atoms with Gasteiger partial charge in [-0.2, -0.15) is 0 Å². The average Bonchev–Trinajstić information content (AvgIpc) is 3.77. The second-order valence-corrected chi connectivity index (χ2v) is 21.6. The smallest absolute Gasteiger partial charge is 3.00 e. The SMILES string of the molecule is CC(C)(C)c1c[c-]c(-c2[c-]c(-c3cc4cc[se]c4c(-c4cc(C(C)(C)C)cc5c4[n-]c4ccc(C(C)(C)C)cc45)n3)cc(-c3ccc(C(C)(C)C)cc3)c2)cc1.[Au+3]. The van der Waals surface area contributed by atoms with E-state index in [2.05, 4.69) is 197 Å². The van der Waals surface area contributed by atoms with Crippen molar-refractivity contribution in [3.63, 3.8) is 0 Å². The second kappa shape index (κ2) is 14.7. The monoisotopic (exact) mass is 994 g/mol. The molecule has 0 atom stereocenters. The van der Waals surface area contributed by atoms with Crippen LogP contribution < -0.4 is 4.98 Å². The van der Waals surface area contributed by atoms with Gasteiger partial charge in [0.05, 0.1) is 0 Å². The van der Waals surface area contributed by atoms with E-state index in [-0.39, 0.29) is 58.5 Å². The maximum Gasteiger partial charge on any atom is 3.00 e. The summed E-state index contributed by atoms with van der Waals surface area (Å²) in [5, 5.41) is 3.66. The van der Waals surface area contributed by atoms with Gasteiger partial charge >= 0.3 is 323 Å². The van der Waals surface area contributed by atoms with E-state index in [1.54, 1.807) is 0 Å². The van der Waals surface area contributed by atoms with Crippen molar-refractivity contribution >= 4 is 46.0 Å². The molecule has 3 aromatic heterocycles. The minimum Gasteiger partial charge on any atom is 3.00 e. The van der Waals surface area contributed by atoms with E-state index >= 15 is 0 Å². The Hall–Kier alpha value is -3.95. The van der Waals surface area contributed by atoms with Crippen molar-refractivity contribution in [2.75, 3.05) is 0 Å². The van der Waals surface area contributed by atoms with Crippen molar-refractivity contribution in [3.05, 3.63) is 136 Å². The van der Waals surface area contributed by atoms with Gasteiger partial charge in [0.1, 0.15) is 0 Å². The molecule has 8 rings (SSSR count). The first-order valence-corrected chi connectivity index (χ1v) is 21.7. The third-order valence-electron chi connectivity index (χ3n) is 11.2. The van der Waals surface area contributed by atoms with Crippen LogP contribution >= 0.6 is 0 Å². The van der Waals surface area contributed by atoms with Crippen molar-refractivity contribution in [1.29, 1.82) is 0 Å². The molecule has 0 radical (unpaired) electrons. The fourth-order valence-corrected chi connectivity index (χ4v) is 9.40. The fraction of sp³-hybridized carbons (Fsp3) is 0.302. The Morgan fingerprint density at radius 1 is 0.544 bits per heavy atom. The van der Waals surface area contributed by atoms with Crippen molar-refractivity contribution in [2.24, 2.45) is 0 Å². The Morgan fingerprint density at radius 3 is 1.79 bits per heavy atom. The summed E-state index contributed by atoms with van der Waals surface area (Å²) < 4.78 is 1.32. The summed E-state index contributed by atoms with van der Waals surface area (Å²) in [5.74, 6) is 0. The Morgan fingerprint density at radius 2 is 1.16 bits per heavy atom. The van der Waals surface area contributed by atoms with Crippen LogP contribution in [-0.2, 0) is 44.0 Å². The van der Waals surface area contributed by atoms with E-state index in [1.807, 2.05) is 0 Å². The molecule has 0 aliphatic carbocycles. The molecule has 8 aromatic rings. The molecule has 0 aliphatic heterocycles. The first-order chi connectivity index (χ1) is 26.2. The van der Waals surface area contributed by atoms with Crippen LogP contribution in [0.1, 0.15) is 105 Å². The Balaban J connectivity index is 0.00000496. The maximum absolute atomic E-state index is 5.64. The molecule has 2 nitrogen and oxygen atoms in total. The van der Waals surface area contributed by atoms with Crippen molar-refractivity contribution < 1.29 is 22.4 Å². The molecule has 0 N–H and O–H groups in total. The Labute approximate surface area is 361 Å². The summed E-state index contributed by atoms with van der Waals surface area (Å²) in [4.78, 5) is 13.3. The summed E-state index contributed by atoms with van der Waals surface area (Å²) in [6, 6.07) is 43.7. The number of pyridine rings is 1. The van der Waals surface area contributed by atoms with Gasteiger partial charge in [-0.05, 0) is 0 Å². The van der Waals surface area contributed by atoms with Crippen molar-refractivity contribution in [1.82, 2.24) is 9.97 Å². The molecule has 0 aliphatic rings. The molecule has 0 spiro atoms. The predicted octanol–water partition coefficient (Wildman–Crippen LogP) is 14.0. The van der Waals surface area contributed by atoms with E-state index in [4.69, 9.17) is 9.97 Å². The third kappa shape index (κ3) is 8.08. The molecular formula is C53H53AuN2Se. The van der Waals surface area contributed by atoms with Crippen LogP contribution in [0, 0.1) is 12.1 Å². The predicted molar refractivity (Wildman–Crippen MR) is 241 cm³/mol. The van der Waals surface area contributed by atoms with Gasteiger partial charge in [0.15, 0.2) is 0 Å². The average molecular weight is 994 g/mol. The fourth-order valence-electron chi connectivity index (χ4n) is 7.55. The van der Waals surface area contributed by atoms with Crippen LogP contribution in [-0.4, -0.2) is 19.5 Å². The number of aromatic nitrogens is 2. The zero-order chi connectivity index (χ0) is 39.9. The van der Waals surface area contributed by atoms with Crippen molar-refractivity contribution in [2.45, 2.75) is 105 Å². The largest absolute Gasteiger partial charge is 3.00 e. The number of fused-ring (bicyclic) bond motifs is 4. The third-order valence-corrected chi connectivity index (χ3v) is 13.2. The van der Waals surface area contributed by atoms with E-state index in [0.717, 1.165) is 50.2 Å². The van der Waals surface area contributed by atoms with Gasteiger partial charge in [-0.15, -0.1) is 0 Å². The minimum absolute atomic E-state index is 0. The Bertz CT molecular complexity index is 2680. The van der Waals surface area contributed by atoms with Crippen LogP contribution in [0.15, 0.2) is 102 Å². The van der Waals surface area contributed by atoms with Crippen LogP contribution in [0.25, 0.3) is 76.2 Å². The van der Waals surface area contributed by atoms with Crippen LogP contribution in [0.2, 0.25) is 0 Å². The number of rotatable bonds is 4. The topological polar surface area (TPSA) is 27.0 Å². The van der Waals surface area contributed by atoms with Crippen LogP contribution in [0.3, 0.4) is 0 Å².